The molecular weight excluding hydrogens is 626 g/mol. The number of carboxylic acids is 1. The molecule has 10 N–H and O–H groups in total. The number of piperidine rings is 1. The Hall–Kier alpha value is -4.33. The van der Waals surface area contributed by atoms with Crippen molar-refractivity contribution in [1.29, 1.82) is 0 Å². The van der Waals surface area contributed by atoms with E-state index >= 15 is 0 Å². The van der Waals surface area contributed by atoms with Crippen molar-refractivity contribution in [3.05, 3.63) is 71.8 Å². The molecule has 0 aliphatic carbocycles. The van der Waals surface area contributed by atoms with Crippen LogP contribution in [0.5, 0.6) is 0 Å². The van der Waals surface area contributed by atoms with E-state index in [0.29, 0.717) is 25.8 Å². The SMILES string of the molecule is CC(C)CC(NC(=O)C(Cc1ccccc1)NC(=O)[C@H](N)Cc1ccccc1)C(=O)NC(CCCCN)C(=O)N1CCC(N)(C(=O)O)CC1. The van der Waals surface area contributed by atoms with Gasteiger partial charge >= 0.3 is 5.97 Å². The van der Waals surface area contributed by atoms with Crippen molar-refractivity contribution in [2.24, 2.45) is 23.1 Å². The number of carboxylic acid groups (broad SMARTS) is 1. The number of carbonyl (C=O) groups excluding carboxylic acids is 4. The van der Waals surface area contributed by atoms with Crippen LogP contribution < -0.4 is 33.2 Å². The maximum absolute atomic E-state index is 13.9. The van der Waals surface area contributed by atoms with Crippen LogP contribution in [0.2, 0.25) is 0 Å². The van der Waals surface area contributed by atoms with Gasteiger partial charge in [0.25, 0.3) is 0 Å². The minimum atomic E-state index is -1.40. The van der Waals surface area contributed by atoms with Gasteiger partial charge in [-0.1, -0.05) is 74.5 Å². The van der Waals surface area contributed by atoms with Crippen molar-refractivity contribution in [3.63, 3.8) is 0 Å². The maximum atomic E-state index is 13.9. The summed E-state index contributed by atoms with van der Waals surface area (Å²) >= 11 is 0. The number of nitrogens with zero attached hydrogens (tertiary/aromatic N) is 1. The highest BCUT2D eigenvalue weighted by Gasteiger charge is 2.40. The number of rotatable bonds is 18. The van der Waals surface area contributed by atoms with Crippen molar-refractivity contribution in [2.75, 3.05) is 19.6 Å². The Morgan fingerprint density at radius 2 is 1.29 bits per heavy atom. The molecule has 0 bridgehead atoms. The zero-order valence-electron chi connectivity index (χ0n) is 28.6. The van der Waals surface area contributed by atoms with Crippen molar-refractivity contribution in [1.82, 2.24) is 20.9 Å². The summed E-state index contributed by atoms with van der Waals surface area (Å²) in [5.74, 6) is -3.04. The van der Waals surface area contributed by atoms with E-state index in [1.165, 1.54) is 4.90 Å². The first-order valence-corrected chi connectivity index (χ1v) is 17.1. The summed E-state index contributed by atoms with van der Waals surface area (Å²) in [7, 11) is 0. The number of hydrogen-bond acceptors (Lipinski definition) is 8. The standard InChI is InChI=1S/C36H53N7O6/c1-24(2)21-29(32(45)40-28(15-9-10-18-37)34(47)43-19-16-36(39,17-20-43)35(48)49)42-33(46)30(23-26-13-7-4-8-14-26)41-31(44)27(38)22-25-11-5-3-6-12-25/h3-8,11-14,24,27-30H,9-10,15-23,37-39H2,1-2H3,(H,40,45)(H,41,44)(H,42,46)(H,48,49)/t27-,28?,29?,30?/m1/s1. The lowest BCUT2D eigenvalue weighted by Crippen LogP contribution is -2.60. The van der Waals surface area contributed by atoms with Crippen LogP contribution in [0, 0.1) is 5.92 Å². The molecule has 4 amide bonds. The minimum absolute atomic E-state index is 0.000286. The van der Waals surface area contributed by atoms with Crippen LogP contribution in [-0.2, 0) is 36.8 Å². The summed E-state index contributed by atoms with van der Waals surface area (Å²) in [5, 5.41) is 18.0. The first kappa shape index (κ1) is 39.1. The molecule has 2 aromatic rings. The largest absolute Gasteiger partial charge is 0.480 e. The van der Waals surface area contributed by atoms with E-state index in [9.17, 15) is 29.1 Å². The van der Waals surface area contributed by atoms with Crippen LogP contribution in [0.25, 0.3) is 0 Å². The van der Waals surface area contributed by atoms with Gasteiger partial charge in [-0.25, -0.2) is 0 Å². The minimum Gasteiger partial charge on any atom is -0.480 e. The fourth-order valence-electron chi connectivity index (χ4n) is 5.86. The number of benzene rings is 2. The molecule has 1 fully saturated rings. The average molecular weight is 680 g/mol. The van der Waals surface area contributed by atoms with Gasteiger partial charge < -0.3 is 43.2 Å². The molecule has 1 heterocycles. The van der Waals surface area contributed by atoms with Gasteiger partial charge in [-0.05, 0) is 68.5 Å². The molecule has 49 heavy (non-hydrogen) atoms. The zero-order chi connectivity index (χ0) is 36.0. The molecule has 268 valence electrons. The first-order valence-electron chi connectivity index (χ1n) is 17.1. The van der Waals surface area contributed by atoms with E-state index in [4.69, 9.17) is 17.2 Å². The van der Waals surface area contributed by atoms with Gasteiger partial charge in [-0.3, -0.25) is 24.0 Å². The lowest BCUT2D eigenvalue weighted by atomic mass is 9.88. The Kier molecular flexibility index (Phi) is 15.2. The van der Waals surface area contributed by atoms with E-state index < -0.39 is 53.4 Å². The predicted octanol–water partition coefficient (Wildman–Crippen LogP) is 0.833. The second-order valence-corrected chi connectivity index (χ2v) is 13.4. The normalized spacial score (nSPS) is 16.6. The quantitative estimate of drug-likeness (QED) is 0.111. The first-order chi connectivity index (χ1) is 23.3. The van der Waals surface area contributed by atoms with Gasteiger partial charge in [0.15, 0.2) is 0 Å². The number of amides is 4. The molecule has 1 aliphatic rings. The van der Waals surface area contributed by atoms with Gasteiger partial charge in [0.1, 0.15) is 23.7 Å². The van der Waals surface area contributed by atoms with Crippen LogP contribution in [0.1, 0.15) is 63.5 Å². The fourth-order valence-corrected chi connectivity index (χ4v) is 5.86. The van der Waals surface area contributed by atoms with Gasteiger partial charge in [-0.2, -0.15) is 0 Å². The molecule has 13 nitrogen and oxygen atoms in total. The Bertz CT molecular complexity index is 1380. The summed E-state index contributed by atoms with van der Waals surface area (Å²) in [6, 6.07) is 14.7. The Balaban J connectivity index is 1.77. The van der Waals surface area contributed by atoms with Crippen LogP contribution in [0.15, 0.2) is 60.7 Å². The Morgan fingerprint density at radius 1 is 0.776 bits per heavy atom. The second kappa shape index (κ2) is 19.0. The molecular formula is C36H53N7O6. The highest BCUT2D eigenvalue weighted by atomic mass is 16.4. The van der Waals surface area contributed by atoms with Gasteiger partial charge in [-0.15, -0.1) is 0 Å². The molecule has 3 unspecified atom stereocenters. The lowest BCUT2D eigenvalue weighted by Gasteiger charge is -2.38. The summed E-state index contributed by atoms with van der Waals surface area (Å²) in [6.07, 6.45) is 2.44. The zero-order valence-corrected chi connectivity index (χ0v) is 28.6. The number of carbonyl (C=O) groups is 5. The highest BCUT2D eigenvalue weighted by molar-refractivity contribution is 5.95. The summed E-state index contributed by atoms with van der Waals surface area (Å²) in [4.78, 5) is 67.7. The Morgan fingerprint density at radius 3 is 1.82 bits per heavy atom. The third-order valence-electron chi connectivity index (χ3n) is 8.85. The van der Waals surface area contributed by atoms with E-state index in [0.717, 1.165) is 11.1 Å². The van der Waals surface area contributed by atoms with E-state index in [2.05, 4.69) is 16.0 Å². The Labute approximate surface area is 288 Å². The molecule has 0 radical (unpaired) electrons. The molecule has 1 saturated heterocycles. The molecule has 2 aromatic carbocycles. The number of hydrogen-bond donors (Lipinski definition) is 7. The molecule has 3 rings (SSSR count). The van der Waals surface area contributed by atoms with Crippen LogP contribution >= 0.6 is 0 Å². The predicted molar refractivity (Wildman–Crippen MR) is 187 cm³/mol. The molecule has 0 aromatic heterocycles. The maximum Gasteiger partial charge on any atom is 0.323 e. The summed E-state index contributed by atoms with van der Waals surface area (Å²) in [6.45, 7) is 4.53. The van der Waals surface area contributed by atoms with Crippen molar-refractivity contribution >= 4 is 29.6 Å². The number of nitrogens with one attached hydrogen (secondary N) is 3. The number of likely N-dealkylation sites (tertiary alicyclic amines) is 1. The van der Waals surface area contributed by atoms with E-state index in [1.54, 1.807) is 0 Å². The van der Waals surface area contributed by atoms with Crippen molar-refractivity contribution in [3.8, 4) is 0 Å². The number of nitrogens with two attached hydrogens (primary N) is 3. The van der Waals surface area contributed by atoms with Crippen molar-refractivity contribution < 1.29 is 29.1 Å². The molecule has 0 saturated carbocycles. The average Bonchev–Trinajstić information content (AvgIpc) is 3.07. The summed E-state index contributed by atoms with van der Waals surface area (Å²) in [5.41, 5.74) is 18.2. The highest BCUT2D eigenvalue weighted by Crippen LogP contribution is 2.21. The van der Waals surface area contributed by atoms with Gasteiger partial charge in [0.2, 0.25) is 23.6 Å². The third-order valence-corrected chi connectivity index (χ3v) is 8.85. The number of unbranched alkanes of at least 4 members (excludes halogenated alkanes) is 1. The lowest BCUT2D eigenvalue weighted by molar-refractivity contribution is -0.148. The topological polar surface area (TPSA) is 223 Å². The second-order valence-electron chi connectivity index (χ2n) is 13.4. The molecule has 13 heteroatoms. The van der Waals surface area contributed by atoms with Crippen LogP contribution in [-0.4, -0.2) is 88.9 Å². The molecule has 1 aliphatic heterocycles. The molecule has 0 spiro atoms. The van der Waals surface area contributed by atoms with Crippen LogP contribution in [0.4, 0.5) is 0 Å². The third kappa shape index (κ3) is 12.3. The smallest absolute Gasteiger partial charge is 0.323 e. The van der Waals surface area contributed by atoms with Gasteiger partial charge in [0, 0.05) is 19.5 Å². The summed E-state index contributed by atoms with van der Waals surface area (Å²) < 4.78 is 0. The van der Waals surface area contributed by atoms with E-state index in [1.807, 2.05) is 74.5 Å². The molecule has 4 atom stereocenters. The van der Waals surface area contributed by atoms with E-state index in [-0.39, 0.29) is 57.0 Å². The van der Waals surface area contributed by atoms with Crippen LogP contribution in [0.3, 0.4) is 0 Å². The number of aliphatic carboxylic acids is 1. The monoisotopic (exact) mass is 679 g/mol. The van der Waals surface area contributed by atoms with Crippen molar-refractivity contribution in [2.45, 2.75) is 94.9 Å². The van der Waals surface area contributed by atoms with Gasteiger partial charge in [0.05, 0.1) is 6.04 Å². The fraction of sp³-hybridized carbons (Fsp3) is 0.528.